The Morgan fingerprint density at radius 1 is 1.14 bits per heavy atom. The van der Waals surface area contributed by atoms with E-state index in [2.05, 4.69) is 18.6 Å². The molecule has 0 spiro atoms. The van der Waals surface area contributed by atoms with E-state index in [9.17, 15) is 13.5 Å². The summed E-state index contributed by atoms with van der Waals surface area (Å²) in [5.74, 6) is 0. The summed E-state index contributed by atoms with van der Waals surface area (Å²) in [7, 11) is -3.61. The molecule has 1 aliphatic carbocycles. The second-order valence-electron chi connectivity index (χ2n) is 6.67. The molecule has 0 radical (unpaired) electrons. The fourth-order valence-corrected chi connectivity index (χ4v) is 3.74. The van der Waals surface area contributed by atoms with Crippen LogP contribution < -0.4 is 4.72 Å². The molecule has 118 valence electrons. The quantitative estimate of drug-likeness (QED) is 0.891. The highest BCUT2D eigenvalue weighted by molar-refractivity contribution is 7.89. The van der Waals surface area contributed by atoms with Gasteiger partial charge < -0.3 is 5.11 Å². The third-order valence-corrected chi connectivity index (χ3v) is 5.92. The lowest BCUT2D eigenvalue weighted by molar-refractivity contribution is -0.0205. The lowest BCUT2D eigenvalue weighted by atomic mass is 9.71. The van der Waals surface area contributed by atoms with Crippen molar-refractivity contribution in [2.75, 3.05) is 6.54 Å². The molecule has 2 N–H and O–H groups in total. The van der Waals surface area contributed by atoms with Crippen molar-refractivity contribution in [1.29, 1.82) is 0 Å². The molecule has 0 saturated heterocycles. The maximum absolute atomic E-state index is 12.2. The van der Waals surface area contributed by atoms with Crippen molar-refractivity contribution in [3.05, 3.63) is 29.3 Å². The van der Waals surface area contributed by atoms with E-state index in [0.717, 1.165) is 12.8 Å². The fourth-order valence-electron chi connectivity index (χ4n) is 2.50. The van der Waals surface area contributed by atoms with Gasteiger partial charge in [-0.3, -0.25) is 0 Å². The molecule has 0 unspecified atom stereocenters. The van der Waals surface area contributed by atoms with Crippen LogP contribution in [0, 0.1) is 5.41 Å². The maximum atomic E-state index is 12.2. The van der Waals surface area contributed by atoms with E-state index in [1.54, 1.807) is 0 Å². The number of hydrogen-bond donors (Lipinski definition) is 2. The number of nitrogens with one attached hydrogen (secondary N) is 1. The standard InChI is InChI=1S/C15H22ClNO3S/c1-14(2)7-9-15(18,10-8-14)11-17-21(19,20)13-5-3-12(16)4-6-13/h3-6,17-18H,7-11H2,1-2H3. The number of halogens is 1. The van der Waals surface area contributed by atoms with Gasteiger partial charge >= 0.3 is 0 Å². The molecule has 21 heavy (non-hydrogen) atoms. The highest BCUT2D eigenvalue weighted by Crippen LogP contribution is 2.39. The van der Waals surface area contributed by atoms with Crippen LogP contribution in [-0.2, 0) is 10.0 Å². The average Bonchev–Trinajstić information content (AvgIpc) is 2.42. The van der Waals surface area contributed by atoms with Gasteiger partial charge in [-0.2, -0.15) is 0 Å². The molecule has 1 aromatic carbocycles. The Morgan fingerprint density at radius 2 is 1.67 bits per heavy atom. The Morgan fingerprint density at radius 3 is 2.19 bits per heavy atom. The topological polar surface area (TPSA) is 66.4 Å². The van der Waals surface area contributed by atoms with Crippen molar-refractivity contribution in [3.8, 4) is 0 Å². The minimum Gasteiger partial charge on any atom is -0.389 e. The van der Waals surface area contributed by atoms with Gasteiger partial charge in [-0.05, 0) is 55.4 Å². The van der Waals surface area contributed by atoms with E-state index in [1.165, 1.54) is 24.3 Å². The number of aliphatic hydroxyl groups is 1. The molecular weight excluding hydrogens is 310 g/mol. The van der Waals surface area contributed by atoms with Crippen LogP contribution in [0.5, 0.6) is 0 Å². The van der Waals surface area contributed by atoms with E-state index in [0.29, 0.717) is 17.9 Å². The summed E-state index contributed by atoms with van der Waals surface area (Å²) in [6, 6.07) is 5.99. The summed E-state index contributed by atoms with van der Waals surface area (Å²) in [5, 5.41) is 11.0. The Labute approximate surface area is 131 Å². The van der Waals surface area contributed by atoms with E-state index < -0.39 is 15.6 Å². The van der Waals surface area contributed by atoms with Gasteiger partial charge in [0.2, 0.25) is 10.0 Å². The average molecular weight is 332 g/mol. The number of benzene rings is 1. The maximum Gasteiger partial charge on any atom is 0.240 e. The van der Waals surface area contributed by atoms with Gasteiger partial charge in [-0.1, -0.05) is 25.4 Å². The Bertz CT molecular complexity index is 586. The first-order valence-corrected chi connectivity index (χ1v) is 8.96. The molecule has 0 aromatic heterocycles. The molecule has 0 bridgehead atoms. The van der Waals surface area contributed by atoms with E-state index >= 15 is 0 Å². The van der Waals surface area contributed by atoms with Crippen molar-refractivity contribution in [2.45, 2.75) is 50.0 Å². The molecule has 0 aliphatic heterocycles. The first-order valence-electron chi connectivity index (χ1n) is 7.10. The van der Waals surface area contributed by atoms with Gasteiger partial charge in [0.15, 0.2) is 0 Å². The van der Waals surface area contributed by atoms with E-state index in [-0.39, 0.29) is 16.9 Å². The monoisotopic (exact) mass is 331 g/mol. The number of rotatable bonds is 4. The van der Waals surface area contributed by atoms with Crippen LogP contribution in [-0.4, -0.2) is 25.7 Å². The normalized spacial score (nSPS) is 21.1. The Hall–Kier alpha value is -0.620. The largest absolute Gasteiger partial charge is 0.389 e. The van der Waals surface area contributed by atoms with Gasteiger partial charge in [-0.15, -0.1) is 0 Å². The predicted octanol–water partition coefficient (Wildman–Crippen LogP) is 2.95. The third-order valence-electron chi connectivity index (χ3n) is 4.25. The molecule has 1 aliphatic rings. The summed E-state index contributed by atoms with van der Waals surface area (Å²) in [5.41, 5.74) is -0.726. The number of sulfonamides is 1. The summed E-state index contributed by atoms with van der Waals surface area (Å²) in [6.07, 6.45) is 3.02. The highest BCUT2D eigenvalue weighted by atomic mass is 35.5. The second kappa shape index (κ2) is 5.88. The number of hydrogen-bond acceptors (Lipinski definition) is 3. The minimum atomic E-state index is -3.61. The van der Waals surface area contributed by atoms with Crippen LogP contribution in [0.4, 0.5) is 0 Å². The summed E-state index contributed by atoms with van der Waals surface area (Å²) in [6.45, 7) is 4.39. The first kappa shape index (κ1) is 16.7. The third kappa shape index (κ3) is 4.42. The predicted molar refractivity (Wildman–Crippen MR) is 83.8 cm³/mol. The highest BCUT2D eigenvalue weighted by Gasteiger charge is 2.37. The first-order chi connectivity index (χ1) is 9.62. The zero-order valence-corrected chi connectivity index (χ0v) is 14.0. The van der Waals surface area contributed by atoms with E-state index in [4.69, 9.17) is 11.6 Å². The van der Waals surface area contributed by atoms with Crippen molar-refractivity contribution in [2.24, 2.45) is 5.41 Å². The van der Waals surface area contributed by atoms with Crippen LogP contribution in [0.1, 0.15) is 39.5 Å². The fraction of sp³-hybridized carbons (Fsp3) is 0.600. The molecule has 6 heteroatoms. The Kier molecular flexibility index (Phi) is 4.69. The van der Waals surface area contributed by atoms with Gasteiger partial charge in [-0.25, -0.2) is 13.1 Å². The second-order valence-corrected chi connectivity index (χ2v) is 8.87. The van der Waals surface area contributed by atoms with Crippen molar-refractivity contribution < 1.29 is 13.5 Å². The smallest absolute Gasteiger partial charge is 0.240 e. The van der Waals surface area contributed by atoms with E-state index in [1.807, 2.05) is 0 Å². The lowest BCUT2D eigenvalue weighted by Gasteiger charge is -2.40. The van der Waals surface area contributed by atoms with Gasteiger partial charge in [0, 0.05) is 11.6 Å². The van der Waals surface area contributed by atoms with Crippen molar-refractivity contribution in [1.82, 2.24) is 4.72 Å². The minimum absolute atomic E-state index is 0.0496. The van der Waals surface area contributed by atoms with Crippen LogP contribution in [0.2, 0.25) is 5.02 Å². The molecule has 4 nitrogen and oxygen atoms in total. The lowest BCUT2D eigenvalue weighted by Crippen LogP contribution is -2.46. The molecule has 1 fully saturated rings. The van der Waals surface area contributed by atoms with Crippen LogP contribution in [0.3, 0.4) is 0 Å². The van der Waals surface area contributed by atoms with Gasteiger partial charge in [0.25, 0.3) is 0 Å². The summed E-state index contributed by atoms with van der Waals surface area (Å²) >= 11 is 5.75. The molecule has 1 saturated carbocycles. The zero-order valence-electron chi connectivity index (χ0n) is 12.4. The van der Waals surface area contributed by atoms with Crippen molar-refractivity contribution in [3.63, 3.8) is 0 Å². The van der Waals surface area contributed by atoms with Crippen LogP contribution in [0.25, 0.3) is 0 Å². The molecular formula is C15H22ClNO3S. The Balaban J connectivity index is 2.00. The molecule has 0 amide bonds. The molecule has 0 atom stereocenters. The SMILES string of the molecule is CC1(C)CCC(O)(CNS(=O)(=O)c2ccc(Cl)cc2)CC1. The van der Waals surface area contributed by atoms with Crippen LogP contribution >= 0.6 is 11.6 Å². The van der Waals surface area contributed by atoms with Crippen molar-refractivity contribution >= 4 is 21.6 Å². The van der Waals surface area contributed by atoms with Gasteiger partial charge in [0.05, 0.1) is 10.5 Å². The summed E-state index contributed by atoms with van der Waals surface area (Å²) < 4.78 is 26.9. The molecule has 2 rings (SSSR count). The molecule has 1 aromatic rings. The molecule has 0 heterocycles. The van der Waals surface area contributed by atoms with Crippen LogP contribution in [0.15, 0.2) is 29.2 Å². The summed E-state index contributed by atoms with van der Waals surface area (Å²) in [4.78, 5) is 0.159. The van der Waals surface area contributed by atoms with Gasteiger partial charge in [0.1, 0.15) is 0 Å². The zero-order chi connectivity index (χ0) is 15.7.